The van der Waals surface area contributed by atoms with E-state index in [0.29, 0.717) is 11.7 Å². The number of carboxylic acids is 1. The van der Waals surface area contributed by atoms with Crippen LogP contribution in [0.5, 0.6) is 0 Å². The van der Waals surface area contributed by atoms with Crippen molar-refractivity contribution in [1.29, 1.82) is 0 Å². The zero-order chi connectivity index (χ0) is 13.8. The average molecular weight is 265 g/mol. The number of anilines is 1. The topological polar surface area (TPSA) is 40.5 Å². The van der Waals surface area contributed by atoms with Crippen LogP contribution in [0.4, 0.5) is 10.1 Å². The summed E-state index contributed by atoms with van der Waals surface area (Å²) in [5, 5.41) is 9.26. The number of carbonyl (C=O) groups is 1. The molecule has 104 valence electrons. The Kier molecular flexibility index (Phi) is 4.40. The molecule has 0 saturated carbocycles. The molecule has 1 N–H and O–H groups in total. The average Bonchev–Trinajstić information content (AvgIpc) is 2.63. The number of rotatable bonds is 3. The van der Waals surface area contributed by atoms with Gasteiger partial charge in [-0.3, -0.25) is 0 Å². The van der Waals surface area contributed by atoms with Crippen molar-refractivity contribution in [3.63, 3.8) is 0 Å². The number of hydrogen-bond acceptors (Lipinski definition) is 2. The summed E-state index contributed by atoms with van der Waals surface area (Å²) in [6.45, 7) is 2.97. The van der Waals surface area contributed by atoms with Gasteiger partial charge < -0.3 is 10.0 Å². The Bertz CT molecular complexity index is 461. The predicted octanol–water partition coefficient (Wildman–Crippen LogP) is 3.68. The highest BCUT2D eigenvalue weighted by Gasteiger charge is 2.24. The van der Waals surface area contributed by atoms with E-state index in [4.69, 9.17) is 0 Å². The van der Waals surface area contributed by atoms with E-state index in [2.05, 4.69) is 11.8 Å². The largest absolute Gasteiger partial charge is 0.478 e. The van der Waals surface area contributed by atoms with Gasteiger partial charge in [0.15, 0.2) is 0 Å². The lowest BCUT2D eigenvalue weighted by Crippen LogP contribution is -2.35. The highest BCUT2D eigenvalue weighted by Crippen LogP contribution is 2.29. The van der Waals surface area contributed by atoms with Gasteiger partial charge in [-0.25, -0.2) is 9.18 Å². The van der Waals surface area contributed by atoms with Gasteiger partial charge >= 0.3 is 5.97 Å². The maximum absolute atomic E-state index is 13.3. The molecule has 19 heavy (non-hydrogen) atoms. The molecule has 3 nitrogen and oxygen atoms in total. The molecule has 0 spiro atoms. The van der Waals surface area contributed by atoms with Gasteiger partial charge in [0.2, 0.25) is 0 Å². The van der Waals surface area contributed by atoms with Crippen LogP contribution in [0.2, 0.25) is 0 Å². The van der Waals surface area contributed by atoms with Crippen molar-refractivity contribution in [3.8, 4) is 0 Å². The van der Waals surface area contributed by atoms with Crippen molar-refractivity contribution in [1.82, 2.24) is 0 Å². The lowest BCUT2D eigenvalue weighted by Gasteiger charge is -2.32. The van der Waals surface area contributed by atoms with Crippen LogP contribution in [0.15, 0.2) is 18.2 Å². The number of aromatic carboxylic acids is 1. The van der Waals surface area contributed by atoms with E-state index >= 15 is 0 Å². The van der Waals surface area contributed by atoms with E-state index in [-0.39, 0.29) is 5.56 Å². The zero-order valence-corrected chi connectivity index (χ0v) is 11.2. The van der Waals surface area contributed by atoms with E-state index in [1.165, 1.54) is 18.9 Å². The van der Waals surface area contributed by atoms with E-state index in [9.17, 15) is 14.3 Å². The van der Waals surface area contributed by atoms with Crippen LogP contribution in [0, 0.1) is 5.82 Å². The summed E-state index contributed by atoms with van der Waals surface area (Å²) in [5.74, 6) is -1.56. The summed E-state index contributed by atoms with van der Waals surface area (Å²) in [6, 6.07) is 4.42. The lowest BCUT2D eigenvalue weighted by molar-refractivity contribution is 0.0697. The molecule has 4 heteroatoms. The molecule has 1 fully saturated rings. The minimum absolute atomic E-state index is 0.0698. The minimum atomic E-state index is -1.06. The second kappa shape index (κ2) is 6.04. The van der Waals surface area contributed by atoms with E-state index in [1.807, 2.05) is 0 Å². The van der Waals surface area contributed by atoms with Gasteiger partial charge in [-0.05, 0) is 37.5 Å². The first kappa shape index (κ1) is 13.8. The molecule has 0 aliphatic carbocycles. The van der Waals surface area contributed by atoms with Gasteiger partial charge in [0.25, 0.3) is 0 Å². The fourth-order valence-electron chi connectivity index (χ4n) is 2.85. The quantitative estimate of drug-likeness (QED) is 0.906. The molecule has 1 heterocycles. The Morgan fingerprint density at radius 3 is 2.89 bits per heavy atom. The molecule has 0 bridgehead atoms. The van der Waals surface area contributed by atoms with Gasteiger partial charge in [0, 0.05) is 12.6 Å². The van der Waals surface area contributed by atoms with Gasteiger partial charge in [0.1, 0.15) is 5.82 Å². The summed E-state index contributed by atoms with van der Waals surface area (Å²) < 4.78 is 13.3. The van der Waals surface area contributed by atoms with Crippen LogP contribution in [-0.2, 0) is 0 Å². The van der Waals surface area contributed by atoms with Crippen LogP contribution >= 0.6 is 0 Å². The van der Waals surface area contributed by atoms with Crippen molar-refractivity contribution in [2.75, 3.05) is 11.4 Å². The Balaban J connectivity index is 2.40. The normalized spacial score (nSPS) is 20.1. The number of benzene rings is 1. The highest BCUT2D eigenvalue weighted by atomic mass is 19.1. The first-order valence-electron chi connectivity index (χ1n) is 6.93. The SMILES string of the molecule is CCC1CCCCCN1c1ccc(F)cc1C(=O)O. The Morgan fingerprint density at radius 1 is 1.42 bits per heavy atom. The second-order valence-electron chi connectivity index (χ2n) is 5.07. The van der Waals surface area contributed by atoms with E-state index in [0.717, 1.165) is 31.9 Å². The molecule has 1 aliphatic heterocycles. The lowest BCUT2D eigenvalue weighted by atomic mass is 10.0. The first-order valence-corrected chi connectivity index (χ1v) is 6.93. The Morgan fingerprint density at radius 2 is 2.21 bits per heavy atom. The zero-order valence-electron chi connectivity index (χ0n) is 11.2. The number of carboxylic acid groups (broad SMARTS) is 1. The standard InChI is InChI=1S/C15H20FNO2/c1-2-12-6-4-3-5-9-17(12)14-8-7-11(16)10-13(14)15(18)19/h7-8,10,12H,2-6,9H2,1H3,(H,18,19). The summed E-state index contributed by atoms with van der Waals surface area (Å²) in [5.41, 5.74) is 0.725. The molecule has 0 amide bonds. The molecule has 0 radical (unpaired) electrons. The summed E-state index contributed by atoms with van der Waals surface area (Å²) in [6.07, 6.45) is 5.48. The molecular weight excluding hydrogens is 245 g/mol. The minimum Gasteiger partial charge on any atom is -0.478 e. The van der Waals surface area contributed by atoms with Crippen LogP contribution in [-0.4, -0.2) is 23.7 Å². The summed E-state index contributed by atoms with van der Waals surface area (Å²) >= 11 is 0. The molecular formula is C15H20FNO2. The summed E-state index contributed by atoms with van der Waals surface area (Å²) in [7, 11) is 0. The fraction of sp³-hybridized carbons (Fsp3) is 0.533. The maximum atomic E-state index is 13.3. The van der Waals surface area contributed by atoms with Gasteiger partial charge in [-0.2, -0.15) is 0 Å². The summed E-state index contributed by atoms with van der Waals surface area (Å²) in [4.78, 5) is 13.5. The molecule has 1 aromatic rings. The number of hydrogen-bond donors (Lipinski definition) is 1. The van der Waals surface area contributed by atoms with Crippen LogP contribution in [0.25, 0.3) is 0 Å². The number of halogens is 1. The number of nitrogens with zero attached hydrogens (tertiary/aromatic N) is 1. The Hall–Kier alpha value is -1.58. The van der Waals surface area contributed by atoms with Gasteiger partial charge in [-0.15, -0.1) is 0 Å². The van der Waals surface area contributed by atoms with Crippen molar-refractivity contribution in [2.45, 2.75) is 45.1 Å². The molecule has 0 aromatic heterocycles. The molecule has 2 rings (SSSR count). The van der Waals surface area contributed by atoms with Crippen molar-refractivity contribution < 1.29 is 14.3 Å². The molecule has 1 aliphatic rings. The van der Waals surface area contributed by atoms with Crippen molar-refractivity contribution >= 4 is 11.7 Å². The highest BCUT2D eigenvalue weighted by molar-refractivity contribution is 5.94. The first-order chi connectivity index (χ1) is 9.13. The third-order valence-electron chi connectivity index (χ3n) is 3.85. The molecule has 1 saturated heterocycles. The fourth-order valence-corrected chi connectivity index (χ4v) is 2.85. The second-order valence-corrected chi connectivity index (χ2v) is 5.07. The van der Waals surface area contributed by atoms with Crippen molar-refractivity contribution in [2.24, 2.45) is 0 Å². The maximum Gasteiger partial charge on any atom is 0.337 e. The van der Waals surface area contributed by atoms with Crippen molar-refractivity contribution in [3.05, 3.63) is 29.6 Å². The van der Waals surface area contributed by atoms with Gasteiger partial charge in [-0.1, -0.05) is 19.8 Å². The predicted molar refractivity (Wildman–Crippen MR) is 73.3 cm³/mol. The monoisotopic (exact) mass is 265 g/mol. The molecule has 1 atom stereocenters. The van der Waals surface area contributed by atoms with Crippen LogP contribution in [0.3, 0.4) is 0 Å². The third kappa shape index (κ3) is 3.06. The smallest absolute Gasteiger partial charge is 0.337 e. The van der Waals surface area contributed by atoms with Crippen LogP contribution < -0.4 is 4.90 Å². The third-order valence-corrected chi connectivity index (χ3v) is 3.85. The molecule has 1 aromatic carbocycles. The Labute approximate surface area is 113 Å². The van der Waals surface area contributed by atoms with E-state index < -0.39 is 11.8 Å². The van der Waals surface area contributed by atoms with Gasteiger partial charge in [0.05, 0.1) is 11.3 Å². The molecule has 1 unspecified atom stereocenters. The van der Waals surface area contributed by atoms with E-state index in [1.54, 1.807) is 6.07 Å². The van der Waals surface area contributed by atoms with Crippen LogP contribution in [0.1, 0.15) is 49.4 Å².